The summed E-state index contributed by atoms with van der Waals surface area (Å²) < 4.78 is 4.99. The number of aliphatic hydroxyl groups excluding tert-OH is 1. The van der Waals surface area contributed by atoms with Gasteiger partial charge in [-0.05, 0) is 18.6 Å². The van der Waals surface area contributed by atoms with Crippen LogP contribution < -0.4 is 10.6 Å². The Morgan fingerprint density at radius 2 is 2.08 bits per heavy atom. The van der Waals surface area contributed by atoms with E-state index in [9.17, 15) is 19.7 Å². The average molecular weight is 355 g/mol. The SMILES string of the molecule is Cc1ccc(NC(=O)CC(NCCOCCO)C(=O)O)c([N+](=O)[O-])c1. The third-order valence-corrected chi connectivity index (χ3v) is 3.18. The fourth-order valence-electron chi connectivity index (χ4n) is 2.00. The van der Waals surface area contributed by atoms with Gasteiger partial charge in [0.1, 0.15) is 11.7 Å². The van der Waals surface area contributed by atoms with Crippen molar-refractivity contribution in [2.45, 2.75) is 19.4 Å². The normalized spacial score (nSPS) is 11.8. The lowest BCUT2D eigenvalue weighted by atomic mass is 10.1. The number of ether oxygens (including phenoxy) is 1. The van der Waals surface area contributed by atoms with Gasteiger partial charge in [0.2, 0.25) is 5.91 Å². The van der Waals surface area contributed by atoms with Gasteiger partial charge in [-0.3, -0.25) is 19.7 Å². The number of hydrogen-bond acceptors (Lipinski definition) is 7. The molecule has 0 fully saturated rings. The topological polar surface area (TPSA) is 151 Å². The number of carboxylic acids is 1. The van der Waals surface area contributed by atoms with E-state index in [1.54, 1.807) is 13.0 Å². The largest absolute Gasteiger partial charge is 0.480 e. The van der Waals surface area contributed by atoms with Gasteiger partial charge in [0.25, 0.3) is 5.69 Å². The molecule has 1 aromatic carbocycles. The van der Waals surface area contributed by atoms with Crippen LogP contribution in [0.25, 0.3) is 0 Å². The zero-order valence-electron chi connectivity index (χ0n) is 13.7. The molecule has 0 aromatic heterocycles. The maximum Gasteiger partial charge on any atom is 0.321 e. The van der Waals surface area contributed by atoms with Crippen molar-refractivity contribution in [2.24, 2.45) is 0 Å². The summed E-state index contributed by atoms with van der Waals surface area (Å²) in [6.07, 6.45) is -0.402. The molecule has 0 bridgehead atoms. The van der Waals surface area contributed by atoms with Gasteiger partial charge in [-0.15, -0.1) is 0 Å². The number of carboxylic acid groups (broad SMARTS) is 1. The Balaban J connectivity index is 2.63. The van der Waals surface area contributed by atoms with E-state index < -0.39 is 29.3 Å². The maximum absolute atomic E-state index is 12.0. The monoisotopic (exact) mass is 355 g/mol. The molecule has 0 aliphatic carbocycles. The van der Waals surface area contributed by atoms with Crippen LogP contribution in [0.1, 0.15) is 12.0 Å². The summed E-state index contributed by atoms with van der Waals surface area (Å²) >= 11 is 0. The second-order valence-corrected chi connectivity index (χ2v) is 5.21. The molecule has 4 N–H and O–H groups in total. The van der Waals surface area contributed by atoms with Crippen molar-refractivity contribution in [1.29, 1.82) is 0 Å². The number of benzene rings is 1. The van der Waals surface area contributed by atoms with Gasteiger partial charge in [-0.2, -0.15) is 0 Å². The zero-order chi connectivity index (χ0) is 18.8. The molecule has 0 heterocycles. The number of nitrogens with one attached hydrogen (secondary N) is 2. The second-order valence-electron chi connectivity index (χ2n) is 5.21. The standard InChI is InChI=1S/C15H21N3O7/c1-10-2-3-11(13(8-10)18(23)24)17-14(20)9-12(15(21)22)16-4-6-25-7-5-19/h2-3,8,12,16,19H,4-7,9H2,1H3,(H,17,20)(H,21,22). The molecule has 0 aliphatic rings. The molecule has 1 aromatic rings. The quantitative estimate of drug-likeness (QED) is 0.251. The Morgan fingerprint density at radius 3 is 2.68 bits per heavy atom. The second kappa shape index (κ2) is 10.3. The molecule has 0 radical (unpaired) electrons. The number of nitro benzene ring substituents is 1. The molecule has 0 spiro atoms. The Morgan fingerprint density at radius 1 is 1.36 bits per heavy atom. The van der Waals surface area contributed by atoms with Gasteiger partial charge >= 0.3 is 5.97 Å². The van der Waals surface area contributed by atoms with E-state index >= 15 is 0 Å². The van der Waals surface area contributed by atoms with E-state index in [2.05, 4.69) is 10.6 Å². The van der Waals surface area contributed by atoms with E-state index in [-0.39, 0.29) is 37.7 Å². The van der Waals surface area contributed by atoms with Crippen molar-refractivity contribution >= 4 is 23.3 Å². The number of rotatable bonds is 11. The lowest BCUT2D eigenvalue weighted by molar-refractivity contribution is -0.384. The summed E-state index contributed by atoms with van der Waals surface area (Å²) in [5.74, 6) is -1.89. The van der Waals surface area contributed by atoms with Crippen LogP contribution in [0.15, 0.2) is 18.2 Å². The first-order valence-corrected chi connectivity index (χ1v) is 7.54. The zero-order valence-corrected chi connectivity index (χ0v) is 13.7. The first kappa shape index (κ1) is 20.5. The van der Waals surface area contributed by atoms with Crippen molar-refractivity contribution < 1.29 is 29.5 Å². The van der Waals surface area contributed by atoms with Gasteiger partial charge < -0.3 is 25.6 Å². The van der Waals surface area contributed by atoms with Crippen molar-refractivity contribution in [2.75, 3.05) is 31.7 Å². The Kier molecular flexibility index (Phi) is 8.47. The molecule has 1 unspecified atom stereocenters. The Hall–Kier alpha value is -2.56. The minimum Gasteiger partial charge on any atom is -0.480 e. The fourth-order valence-corrected chi connectivity index (χ4v) is 2.00. The number of aliphatic carboxylic acids is 1. The van der Waals surface area contributed by atoms with E-state index in [4.69, 9.17) is 14.9 Å². The van der Waals surface area contributed by atoms with Crippen molar-refractivity contribution in [3.05, 3.63) is 33.9 Å². The van der Waals surface area contributed by atoms with Crippen LogP contribution in [-0.2, 0) is 14.3 Å². The Bertz CT molecular complexity index is 621. The summed E-state index contributed by atoms with van der Waals surface area (Å²) in [6.45, 7) is 2.03. The number of amides is 1. The molecule has 0 saturated carbocycles. The molecule has 0 aliphatic heterocycles. The molecule has 10 heteroatoms. The van der Waals surface area contributed by atoms with Crippen LogP contribution >= 0.6 is 0 Å². The number of hydrogen-bond donors (Lipinski definition) is 4. The van der Waals surface area contributed by atoms with Crippen molar-refractivity contribution in [1.82, 2.24) is 5.32 Å². The summed E-state index contributed by atoms with van der Waals surface area (Å²) in [6, 6.07) is 3.16. The predicted octanol–water partition coefficient (Wildman–Crippen LogP) is 0.284. The highest BCUT2D eigenvalue weighted by Crippen LogP contribution is 2.25. The van der Waals surface area contributed by atoms with Crippen molar-refractivity contribution in [3.63, 3.8) is 0 Å². The van der Waals surface area contributed by atoms with Gasteiger partial charge in [-0.1, -0.05) is 6.07 Å². The molecule has 138 valence electrons. The highest BCUT2D eigenvalue weighted by Gasteiger charge is 2.22. The fraction of sp³-hybridized carbons (Fsp3) is 0.467. The predicted molar refractivity (Wildman–Crippen MR) is 88.4 cm³/mol. The third-order valence-electron chi connectivity index (χ3n) is 3.18. The van der Waals surface area contributed by atoms with Crippen LogP contribution in [0.2, 0.25) is 0 Å². The molecule has 25 heavy (non-hydrogen) atoms. The van der Waals surface area contributed by atoms with Gasteiger partial charge in [0.05, 0.1) is 31.2 Å². The number of carbonyl (C=O) groups excluding carboxylic acids is 1. The molecule has 10 nitrogen and oxygen atoms in total. The van der Waals surface area contributed by atoms with Crippen LogP contribution in [0.5, 0.6) is 0 Å². The smallest absolute Gasteiger partial charge is 0.321 e. The molecule has 0 saturated heterocycles. The van der Waals surface area contributed by atoms with E-state index in [0.717, 1.165) is 0 Å². The van der Waals surface area contributed by atoms with E-state index in [0.29, 0.717) is 5.56 Å². The lowest BCUT2D eigenvalue weighted by Crippen LogP contribution is -2.41. The number of aryl methyl sites for hydroxylation is 1. The summed E-state index contributed by atoms with van der Waals surface area (Å²) in [4.78, 5) is 33.6. The number of nitro groups is 1. The minimum absolute atomic E-state index is 0.0102. The van der Waals surface area contributed by atoms with Gasteiger partial charge in [0.15, 0.2) is 0 Å². The lowest BCUT2D eigenvalue weighted by Gasteiger charge is -2.14. The van der Waals surface area contributed by atoms with Crippen LogP contribution in [-0.4, -0.2) is 59.4 Å². The number of aliphatic hydroxyl groups is 1. The average Bonchev–Trinajstić information content (AvgIpc) is 2.54. The summed E-state index contributed by atoms with van der Waals surface area (Å²) in [5.41, 5.74) is 0.416. The van der Waals surface area contributed by atoms with E-state index in [1.807, 2.05) is 0 Å². The van der Waals surface area contributed by atoms with Crippen LogP contribution in [0, 0.1) is 17.0 Å². The van der Waals surface area contributed by atoms with Gasteiger partial charge in [0, 0.05) is 12.6 Å². The van der Waals surface area contributed by atoms with Crippen LogP contribution in [0.3, 0.4) is 0 Å². The minimum atomic E-state index is -1.23. The highest BCUT2D eigenvalue weighted by atomic mass is 16.6. The molecular formula is C15H21N3O7. The Labute approximate surface area is 143 Å². The molecule has 1 atom stereocenters. The maximum atomic E-state index is 12.0. The molecule has 1 amide bonds. The number of carbonyl (C=O) groups is 2. The first-order valence-electron chi connectivity index (χ1n) is 7.54. The third kappa shape index (κ3) is 7.25. The summed E-state index contributed by atoms with van der Waals surface area (Å²) in [7, 11) is 0. The number of anilines is 1. The summed E-state index contributed by atoms with van der Waals surface area (Å²) in [5, 5.41) is 33.7. The van der Waals surface area contributed by atoms with E-state index in [1.165, 1.54) is 12.1 Å². The van der Waals surface area contributed by atoms with Gasteiger partial charge in [-0.25, -0.2) is 0 Å². The van der Waals surface area contributed by atoms with Crippen LogP contribution in [0.4, 0.5) is 11.4 Å². The highest BCUT2D eigenvalue weighted by molar-refractivity contribution is 5.95. The molecular weight excluding hydrogens is 334 g/mol. The number of nitrogens with zero attached hydrogens (tertiary/aromatic N) is 1. The molecule has 1 rings (SSSR count). The van der Waals surface area contributed by atoms with Crippen molar-refractivity contribution in [3.8, 4) is 0 Å². The first-order chi connectivity index (χ1) is 11.8.